The van der Waals surface area contributed by atoms with E-state index in [-0.39, 0.29) is 5.78 Å². The van der Waals surface area contributed by atoms with Crippen LogP contribution in [0, 0.1) is 0 Å². The van der Waals surface area contributed by atoms with E-state index in [0.29, 0.717) is 21.2 Å². The van der Waals surface area contributed by atoms with Gasteiger partial charge in [-0.15, -0.1) is 0 Å². The molecule has 0 aromatic heterocycles. The minimum Gasteiger partial charge on any atom is -0.288 e. The molecule has 0 aliphatic rings. The molecule has 0 aliphatic heterocycles. The second-order valence-electron chi connectivity index (χ2n) is 4.62. The Morgan fingerprint density at radius 3 is 2.10 bits per heavy atom. The van der Waals surface area contributed by atoms with Crippen LogP contribution in [0.3, 0.4) is 0 Å². The number of carbonyl (C=O) groups is 1. The highest BCUT2D eigenvalue weighted by Crippen LogP contribution is 2.27. The molecule has 0 unspecified atom stereocenters. The molecule has 0 bridgehead atoms. The lowest BCUT2D eigenvalue weighted by Crippen LogP contribution is -2.05. The molecule has 2 rings (SSSR count). The van der Waals surface area contributed by atoms with Gasteiger partial charge in [0.25, 0.3) is 0 Å². The van der Waals surface area contributed by atoms with Crippen molar-refractivity contribution >= 4 is 29.0 Å². The van der Waals surface area contributed by atoms with Crippen molar-refractivity contribution < 1.29 is 4.79 Å². The zero-order chi connectivity index (χ0) is 14.7. The molecule has 0 aliphatic carbocycles. The second kappa shape index (κ2) is 6.43. The first kappa shape index (κ1) is 15.1. The monoisotopic (exact) mass is 306 g/mol. The Balaban J connectivity index is 2.49. The number of hydrogen-bond donors (Lipinski definition) is 0. The number of benzene rings is 2. The van der Waals surface area contributed by atoms with E-state index in [1.807, 2.05) is 18.2 Å². The highest BCUT2D eigenvalue weighted by Gasteiger charge is 2.17. The fourth-order valence-electron chi connectivity index (χ4n) is 2.30. The Bertz CT molecular complexity index is 627. The molecule has 104 valence electrons. The molecule has 2 aromatic carbocycles. The predicted octanol–water partition coefficient (Wildman–Crippen LogP) is 5.35. The molecule has 1 nitrogen and oxygen atoms in total. The summed E-state index contributed by atoms with van der Waals surface area (Å²) in [5.74, 6) is -0.127. The first-order valence-electron chi connectivity index (χ1n) is 6.69. The van der Waals surface area contributed by atoms with Crippen LogP contribution >= 0.6 is 23.2 Å². The number of ketones is 1. The Morgan fingerprint density at radius 2 is 1.55 bits per heavy atom. The van der Waals surface area contributed by atoms with E-state index in [0.717, 1.165) is 12.8 Å². The number of aryl methyl sites for hydroxylation is 2. The highest BCUT2D eigenvalue weighted by atomic mass is 35.5. The molecule has 0 N–H and O–H groups in total. The van der Waals surface area contributed by atoms with Crippen molar-refractivity contribution in [1.29, 1.82) is 0 Å². The molecule has 0 heterocycles. The van der Waals surface area contributed by atoms with Crippen LogP contribution in [0.25, 0.3) is 0 Å². The zero-order valence-corrected chi connectivity index (χ0v) is 13.1. The molecular formula is C17H16Cl2O. The van der Waals surface area contributed by atoms with Gasteiger partial charge in [-0.25, -0.2) is 0 Å². The third-order valence-electron chi connectivity index (χ3n) is 3.42. The van der Waals surface area contributed by atoms with Crippen LogP contribution in [0.4, 0.5) is 0 Å². The fourth-order valence-corrected chi connectivity index (χ4v) is 2.87. The average Bonchev–Trinajstić information content (AvgIpc) is 2.46. The summed E-state index contributed by atoms with van der Waals surface area (Å²) in [5.41, 5.74) is 3.48. The lowest BCUT2D eigenvalue weighted by Gasteiger charge is -2.10. The van der Waals surface area contributed by atoms with Gasteiger partial charge in [-0.1, -0.05) is 55.2 Å². The number of rotatable bonds is 4. The van der Waals surface area contributed by atoms with Gasteiger partial charge in [-0.05, 0) is 42.2 Å². The third kappa shape index (κ3) is 2.89. The lowest BCUT2D eigenvalue weighted by molar-refractivity contribution is 0.103. The Hall–Kier alpha value is -1.31. The number of hydrogen-bond acceptors (Lipinski definition) is 1. The maximum Gasteiger partial charge on any atom is 0.196 e. The summed E-state index contributed by atoms with van der Waals surface area (Å²) in [5, 5.41) is 0.778. The van der Waals surface area contributed by atoms with Crippen LogP contribution < -0.4 is 0 Å². The van der Waals surface area contributed by atoms with E-state index in [1.54, 1.807) is 18.2 Å². The maximum absolute atomic E-state index is 12.6. The molecule has 0 saturated carbocycles. The van der Waals surface area contributed by atoms with Crippen molar-refractivity contribution in [2.75, 3.05) is 0 Å². The summed E-state index contributed by atoms with van der Waals surface area (Å²) in [6, 6.07) is 10.9. The largest absolute Gasteiger partial charge is 0.288 e. The zero-order valence-electron chi connectivity index (χ0n) is 11.5. The van der Waals surface area contributed by atoms with Gasteiger partial charge in [0.2, 0.25) is 0 Å². The van der Waals surface area contributed by atoms with Crippen LogP contribution in [0.5, 0.6) is 0 Å². The average molecular weight is 307 g/mol. The van der Waals surface area contributed by atoms with Crippen LogP contribution in [0.1, 0.15) is 40.9 Å². The molecule has 2 aromatic rings. The van der Waals surface area contributed by atoms with Gasteiger partial charge < -0.3 is 0 Å². The van der Waals surface area contributed by atoms with Gasteiger partial charge >= 0.3 is 0 Å². The van der Waals surface area contributed by atoms with Crippen molar-refractivity contribution in [3.63, 3.8) is 0 Å². The molecule has 20 heavy (non-hydrogen) atoms. The normalized spacial score (nSPS) is 10.6. The van der Waals surface area contributed by atoms with Crippen LogP contribution in [-0.4, -0.2) is 5.78 Å². The second-order valence-corrected chi connectivity index (χ2v) is 5.43. The first-order chi connectivity index (χ1) is 9.58. The van der Waals surface area contributed by atoms with Gasteiger partial charge in [0, 0.05) is 5.56 Å². The Morgan fingerprint density at radius 1 is 0.950 bits per heavy atom. The molecule has 0 amide bonds. The fraction of sp³-hybridized carbons (Fsp3) is 0.235. The van der Waals surface area contributed by atoms with Crippen molar-refractivity contribution in [1.82, 2.24) is 0 Å². The number of carbonyl (C=O) groups excluding carboxylic acids is 1. The van der Waals surface area contributed by atoms with E-state index in [1.165, 1.54) is 11.1 Å². The van der Waals surface area contributed by atoms with Gasteiger partial charge in [0.15, 0.2) is 5.78 Å². The third-order valence-corrected chi connectivity index (χ3v) is 4.05. The summed E-state index contributed by atoms with van der Waals surface area (Å²) >= 11 is 12.2. The van der Waals surface area contributed by atoms with Crippen molar-refractivity contribution in [2.45, 2.75) is 26.7 Å². The molecule has 3 heteroatoms. The predicted molar refractivity (Wildman–Crippen MR) is 85.1 cm³/mol. The van der Waals surface area contributed by atoms with E-state index in [2.05, 4.69) is 13.8 Å². The minimum atomic E-state index is -0.127. The summed E-state index contributed by atoms with van der Waals surface area (Å²) in [6.07, 6.45) is 1.87. The van der Waals surface area contributed by atoms with Crippen LogP contribution in [0.15, 0.2) is 36.4 Å². The summed E-state index contributed by atoms with van der Waals surface area (Å²) in [7, 11) is 0. The Kier molecular flexibility index (Phi) is 4.85. The maximum atomic E-state index is 12.6. The van der Waals surface area contributed by atoms with Crippen molar-refractivity contribution in [3.05, 3.63) is 68.7 Å². The summed E-state index contributed by atoms with van der Waals surface area (Å²) < 4.78 is 0. The van der Waals surface area contributed by atoms with Gasteiger partial charge in [-0.2, -0.15) is 0 Å². The molecule has 0 radical (unpaired) electrons. The lowest BCUT2D eigenvalue weighted by atomic mass is 9.96. The van der Waals surface area contributed by atoms with Crippen LogP contribution in [0.2, 0.25) is 10.0 Å². The summed E-state index contributed by atoms with van der Waals surface area (Å²) in [6.45, 7) is 4.20. The van der Waals surface area contributed by atoms with E-state index in [9.17, 15) is 4.79 Å². The number of halogens is 2. The van der Waals surface area contributed by atoms with Crippen molar-refractivity contribution in [2.24, 2.45) is 0 Å². The smallest absolute Gasteiger partial charge is 0.196 e. The van der Waals surface area contributed by atoms with Gasteiger partial charge in [0.1, 0.15) is 0 Å². The molecule has 0 fully saturated rings. The molecular weight excluding hydrogens is 291 g/mol. The minimum absolute atomic E-state index is 0.127. The molecule has 0 atom stereocenters. The standard InChI is InChI=1S/C17H16Cl2O/c1-3-11-8-9-13(10-12(11)4-2)17(20)16-14(18)6-5-7-15(16)19/h5-10H,3-4H2,1-2H3. The van der Waals surface area contributed by atoms with E-state index < -0.39 is 0 Å². The topological polar surface area (TPSA) is 17.1 Å². The van der Waals surface area contributed by atoms with E-state index >= 15 is 0 Å². The quantitative estimate of drug-likeness (QED) is 0.696. The van der Waals surface area contributed by atoms with E-state index in [4.69, 9.17) is 23.2 Å². The van der Waals surface area contributed by atoms with Crippen molar-refractivity contribution in [3.8, 4) is 0 Å². The van der Waals surface area contributed by atoms with Crippen LogP contribution in [-0.2, 0) is 12.8 Å². The summed E-state index contributed by atoms with van der Waals surface area (Å²) in [4.78, 5) is 12.6. The first-order valence-corrected chi connectivity index (χ1v) is 7.44. The SMILES string of the molecule is CCc1ccc(C(=O)c2c(Cl)cccc2Cl)cc1CC. The Labute approximate surface area is 129 Å². The highest BCUT2D eigenvalue weighted by molar-refractivity contribution is 6.41. The van der Waals surface area contributed by atoms with Gasteiger partial charge in [-0.3, -0.25) is 4.79 Å². The van der Waals surface area contributed by atoms with Gasteiger partial charge in [0.05, 0.1) is 15.6 Å². The molecule has 0 saturated heterocycles. The molecule has 0 spiro atoms.